The number of carbonyl (C=O) groups is 1. The van der Waals surface area contributed by atoms with Gasteiger partial charge in [-0.1, -0.05) is 0 Å². The van der Waals surface area contributed by atoms with Gasteiger partial charge in [0.25, 0.3) is 10.2 Å². The third-order valence-corrected chi connectivity index (χ3v) is 4.32. The first kappa shape index (κ1) is 13.4. The van der Waals surface area contributed by atoms with E-state index >= 15 is 0 Å². The molecule has 0 aliphatic carbocycles. The maximum atomic E-state index is 11.9. The standard InChI is InChI=1S/C8H16N2O5S/c1-9(3-2-8(11)12)16(13,14)10-4-6-15-7-5-10/h2-7H2,1H3,(H,11,12). The topological polar surface area (TPSA) is 87.2 Å². The molecule has 0 amide bonds. The summed E-state index contributed by atoms with van der Waals surface area (Å²) in [4.78, 5) is 10.4. The Kier molecular flexibility index (Phi) is 4.66. The molecular formula is C8H16N2O5S. The maximum absolute atomic E-state index is 11.9. The fourth-order valence-electron chi connectivity index (χ4n) is 1.34. The van der Waals surface area contributed by atoms with Crippen molar-refractivity contribution in [1.82, 2.24) is 8.61 Å². The molecule has 0 atom stereocenters. The number of ether oxygens (including phenoxy) is 1. The number of rotatable bonds is 5. The lowest BCUT2D eigenvalue weighted by Crippen LogP contribution is -2.47. The van der Waals surface area contributed by atoms with Crippen molar-refractivity contribution in [3.63, 3.8) is 0 Å². The molecule has 0 bridgehead atoms. The molecule has 8 heteroatoms. The van der Waals surface area contributed by atoms with Gasteiger partial charge in [0.1, 0.15) is 0 Å². The van der Waals surface area contributed by atoms with Gasteiger partial charge in [0.2, 0.25) is 0 Å². The molecule has 1 N–H and O–H groups in total. The summed E-state index contributed by atoms with van der Waals surface area (Å²) in [5.74, 6) is -1.01. The monoisotopic (exact) mass is 252 g/mol. The van der Waals surface area contributed by atoms with Gasteiger partial charge in [-0.3, -0.25) is 4.79 Å². The highest BCUT2D eigenvalue weighted by Gasteiger charge is 2.28. The molecule has 0 spiro atoms. The van der Waals surface area contributed by atoms with E-state index in [1.807, 2.05) is 0 Å². The zero-order chi connectivity index (χ0) is 12.2. The Labute approximate surface area is 94.8 Å². The van der Waals surface area contributed by atoms with Crippen LogP contribution in [0.1, 0.15) is 6.42 Å². The van der Waals surface area contributed by atoms with Crippen LogP contribution < -0.4 is 0 Å². The molecule has 1 saturated heterocycles. The Hall–Kier alpha value is -0.700. The number of hydrogen-bond acceptors (Lipinski definition) is 4. The molecule has 94 valence electrons. The normalized spacial score (nSPS) is 18.9. The lowest BCUT2D eigenvalue weighted by atomic mass is 10.4. The van der Waals surface area contributed by atoms with Crippen LogP contribution in [0.2, 0.25) is 0 Å². The highest BCUT2D eigenvalue weighted by atomic mass is 32.2. The van der Waals surface area contributed by atoms with E-state index in [1.165, 1.54) is 11.4 Å². The minimum atomic E-state index is -3.53. The third-order valence-electron chi connectivity index (χ3n) is 2.33. The van der Waals surface area contributed by atoms with Crippen molar-refractivity contribution < 1.29 is 23.1 Å². The second-order valence-electron chi connectivity index (χ2n) is 3.48. The predicted octanol–water partition coefficient (Wildman–Crippen LogP) is -1.03. The van der Waals surface area contributed by atoms with Gasteiger partial charge in [-0.05, 0) is 0 Å². The molecule has 0 aromatic heterocycles. The molecule has 1 aliphatic rings. The van der Waals surface area contributed by atoms with Crippen molar-refractivity contribution in [2.75, 3.05) is 39.9 Å². The number of nitrogens with zero attached hydrogens (tertiary/aromatic N) is 2. The number of aliphatic carboxylic acids is 1. The van der Waals surface area contributed by atoms with E-state index in [0.29, 0.717) is 26.3 Å². The Morgan fingerprint density at radius 2 is 2.00 bits per heavy atom. The van der Waals surface area contributed by atoms with Crippen molar-refractivity contribution in [2.24, 2.45) is 0 Å². The van der Waals surface area contributed by atoms with Crippen molar-refractivity contribution in [2.45, 2.75) is 6.42 Å². The van der Waals surface area contributed by atoms with Crippen LogP contribution in [0, 0.1) is 0 Å². The molecule has 0 radical (unpaired) electrons. The van der Waals surface area contributed by atoms with Crippen LogP contribution in [0.15, 0.2) is 0 Å². The highest BCUT2D eigenvalue weighted by Crippen LogP contribution is 2.09. The quantitative estimate of drug-likeness (QED) is 0.676. The van der Waals surface area contributed by atoms with Gasteiger partial charge in [0, 0.05) is 26.7 Å². The molecule has 16 heavy (non-hydrogen) atoms. The van der Waals surface area contributed by atoms with E-state index in [4.69, 9.17) is 9.84 Å². The van der Waals surface area contributed by atoms with E-state index in [1.54, 1.807) is 0 Å². The molecule has 0 aromatic rings. The Bertz CT molecular complexity index is 336. The molecule has 0 saturated carbocycles. The lowest BCUT2D eigenvalue weighted by molar-refractivity contribution is -0.137. The second-order valence-corrected chi connectivity index (χ2v) is 5.52. The predicted molar refractivity (Wildman–Crippen MR) is 56.2 cm³/mol. The lowest BCUT2D eigenvalue weighted by Gasteiger charge is -2.29. The van der Waals surface area contributed by atoms with E-state index in [-0.39, 0.29) is 13.0 Å². The van der Waals surface area contributed by atoms with Gasteiger partial charge < -0.3 is 9.84 Å². The van der Waals surface area contributed by atoms with Crippen molar-refractivity contribution >= 4 is 16.2 Å². The van der Waals surface area contributed by atoms with Gasteiger partial charge >= 0.3 is 5.97 Å². The Balaban J connectivity index is 2.57. The minimum Gasteiger partial charge on any atom is -0.481 e. The summed E-state index contributed by atoms with van der Waals surface area (Å²) in [7, 11) is -2.15. The SMILES string of the molecule is CN(CCC(=O)O)S(=O)(=O)N1CCOCC1. The van der Waals surface area contributed by atoms with Crippen molar-refractivity contribution in [3.05, 3.63) is 0 Å². The highest BCUT2D eigenvalue weighted by molar-refractivity contribution is 7.86. The van der Waals surface area contributed by atoms with E-state index in [2.05, 4.69) is 0 Å². The largest absolute Gasteiger partial charge is 0.481 e. The first-order valence-corrected chi connectivity index (χ1v) is 6.35. The average molecular weight is 252 g/mol. The van der Waals surface area contributed by atoms with Crippen molar-refractivity contribution in [3.8, 4) is 0 Å². The van der Waals surface area contributed by atoms with Gasteiger partial charge in [-0.2, -0.15) is 17.0 Å². The fourth-order valence-corrected chi connectivity index (χ4v) is 2.67. The molecule has 1 heterocycles. The number of carboxylic acid groups (broad SMARTS) is 1. The van der Waals surface area contributed by atoms with Crippen LogP contribution in [0.3, 0.4) is 0 Å². The van der Waals surface area contributed by atoms with Crippen LogP contribution in [0.5, 0.6) is 0 Å². The second kappa shape index (κ2) is 5.58. The van der Waals surface area contributed by atoms with Gasteiger partial charge in [0.05, 0.1) is 19.6 Å². The molecule has 7 nitrogen and oxygen atoms in total. The molecule has 1 aliphatic heterocycles. The average Bonchev–Trinajstić information content (AvgIpc) is 2.27. The minimum absolute atomic E-state index is 0.0188. The van der Waals surface area contributed by atoms with E-state index < -0.39 is 16.2 Å². The van der Waals surface area contributed by atoms with Crippen LogP contribution in [0.4, 0.5) is 0 Å². The molecule has 0 aromatic carbocycles. The fraction of sp³-hybridized carbons (Fsp3) is 0.875. The summed E-state index contributed by atoms with van der Waals surface area (Å²) < 4.78 is 31.2. The smallest absolute Gasteiger partial charge is 0.304 e. The number of carboxylic acids is 1. The van der Waals surface area contributed by atoms with E-state index in [0.717, 1.165) is 4.31 Å². The van der Waals surface area contributed by atoms with Gasteiger partial charge in [0.15, 0.2) is 0 Å². The summed E-state index contributed by atoms with van der Waals surface area (Å²) >= 11 is 0. The summed E-state index contributed by atoms with van der Waals surface area (Å²) in [5.41, 5.74) is 0. The summed E-state index contributed by atoms with van der Waals surface area (Å²) in [5, 5.41) is 8.48. The number of morpholine rings is 1. The summed E-state index contributed by atoms with van der Waals surface area (Å²) in [6, 6.07) is 0. The molecule has 1 rings (SSSR count). The zero-order valence-corrected chi connectivity index (χ0v) is 9.94. The summed E-state index contributed by atoms with van der Waals surface area (Å²) in [6.45, 7) is 1.38. The van der Waals surface area contributed by atoms with Crippen LogP contribution >= 0.6 is 0 Å². The van der Waals surface area contributed by atoms with Crippen LogP contribution in [-0.2, 0) is 19.7 Å². The Morgan fingerprint density at radius 3 is 2.50 bits per heavy atom. The first-order valence-electron chi connectivity index (χ1n) is 4.95. The zero-order valence-electron chi connectivity index (χ0n) is 9.13. The third kappa shape index (κ3) is 3.41. The van der Waals surface area contributed by atoms with Crippen molar-refractivity contribution in [1.29, 1.82) is 0 Å². The van der Waals surface area contributed by atoms with Gasteiger partial charge in [-0.15, -0.1) is 0 Å². The van der Waals surface area contributed by atoms with Gasteiger partial charge in [-0.25, -0.2) is 0 Å². The van der Waals surface area contributed by atoms with Crippen LogP contribution in [-0.4, -0.2) is 68.0 Å². The van der Waals surface area contributed by atoms with E-state index in [9.17, 15) is 13.2 Å². The summed E-state index contributed by atoms with van der Waals surface area (Å²) in [6.07, 6.45) is -0.194. The molecular weight excluding hydrogens is 236 g/mol. The number of hydrogen-bond donors (Lipinski definition) is 1. The maximum Gasteiger partial charge on any atom is 0.304 e. The first-order chi connectivity index (χ1) is 7.44. The molecule has 0 unspecified atom stereocenters. The Morgan fingerprint density at radius 1 is 1.44 bits per heavy atom. The molecule has 1 fully saturated rings. The van der Waals surface area contributed by atoms with Crippen LogP contribution in [0.25, 0.3) is 0 Å².